The Morgan fingerprint density at radius 3 is 2.88 bits per heavy atom. The van der Waals surface area contributed by atoms with Crippen molar-refractivity contribution in [1.82, 2.24) is 9.78 Å². The minimum absolute atomic E-state index is 0.0648. The normalized spacial score (nSPS) is 16.2. The summed E-state index contributed by atoms with van der Waals surface area (Å²) < 4.78 is 23.7. The topological polar surface area (TPSA) is 69.0 Å². The highest BCUT2D eigenvalue weighted by Crippen LogP contribution is 2.20. The Kier molecular flexibility index (Phi) is 2.84. The Hall–Kier alpha value is -1.17. The second kappa shape index (κ2) is 4.01. The third-order valence-corrected chi connectivity index (χ3v) is 3.66. The average Bonchev–Trinajstić information content (AvgIpc) is 2.58. The summed E-state index contributed by atoms with van der Waals surface area (Å²) in [7, 11) is -2.99. The number of fused-ring (bicyclic) bond motifs is 1. The fourth-order valence-corrected chi connectivity index (χ4v) is 2.41. The molecule has 0 amide bonds. The molecule has 5 nitrogen and oxygen atoms in total. The Bertz CT molecular complexity index is 516. The number of rotatable bonds is 3. The van der Waals surface area contributed by atoms with Crippen molar-refractivity contribution < 1.29 is 13.2 Å². The summed E-state index contributed by atoms with van der Waals surface area (Å²) in [5, 5.41) is 4.08. The maximum atomic E-state index is 11.5. The van der Waals surface area contributed by atoms with Crippen molar-refractivity contribution >= 4 is 15.6 Å². The van der Waals surface area contributed by atoms with Crippen LogP contribution in [0.5, 0.6) is 0 Å². The molecule has 1 heterocycles. The molecule has 0 aromatic carbocycles. The lowest BCUT2D eigenvalue weighted by atomic mass is 9.97. The van der Waals surface area contributed by atoms with Gasteiger partial charge in [-0.15, -0.1) is 0 Å². The van der Waals surface area contributed by atoms with Gasteiger partial charge in [-0.05, 0) is 12.8 Å². The number of hydrogen-bond donors (Lipinski definition) is 0. The van der Waals surface area contributed by atoms with E-state index in [1.807, 2.05) is 0 Å². The number of ketones is 1. The van der Waals surface area contributed by atoms with Crippen molar-refractivity contribution in [2.75, 3.05) is 12.0 Å². The van der Waals surface area contributed by atoms with E-state index in [2.05, 4.69) is 5.10 Å². The highest BCUT2D eigenvalue weighted by molar-refractivity contribution is 7.90. The van der Waals surface area contributed by atoms with E-state index in [1.165, 1.54) is 6.26 Å². The maximum absolute atomic E-state index is 11.5. The van der Waals surface area contributed by atoms with Crippen LogP contribution in [0, 0.1) is 0 Å². The maximum Gasteiger partial charge on any atom is 0.166 e. The summed E-state index contributed by atoms with van der Waals surface area (Å²) >= 11 is 0. The van der Waals surface area contributed by atoms with Crippen LogP contribution in [0.25, 0.3) is 0 Å². The zero-order valence-corrected chi connectivity index (χ0v) is 9.96. The number of hydrogen-bond acceptors (Lipinski definition) is 4. The molecule has 0 saturated carbocycles. The molecule has 2 rings (SSSR count). The quantitative estimate of drug-likeness (QED) is 0.771. The van der Waals surface area contributed by atoms with Crippen molar-refractivity contribution in [2.24, 2.45) is 0 Å². The molecule has 88 valence electrons. The predicted molar refractivity (Wildman–Crippen MR) is 59.2 cm³/mol. The zero-order valence-electron chi connectivity index (χ0n) is 9.14. The Morgan fingerprint density at radius 2 is 2.19 bits per heavy atom. The SMILES string of the molecule is CS(=O)(=O)CCn1ncc2c1CCCC2=O. The number of sulfone groups is 1. The molecule has 0 unspecified atom stereocenters. The molecule has 0 aliphatic heterocycles. The standard InChI is InChI=1S/C10H14N2O3S/c1-16(14,15)6-5-12-9-3-2-4-10(13)8(9)7-11-12/h7H,2-6H2,1H3. The van der Waals surface area contributed by atoms with Gasteiger partial charge < -0.3 is 0 Å². The lowest BCUT2D eigenvalue weighted by molar-refractivity contribution is 0.0972. The molecule has 6 heteroatoms. The lowest BCUT2D eigenvalue weighted by Crippen LogP contribution is -2.17. The lowest BCUT2D eigenvalue weighted by Gasteiger charge is -2.12. The van der Waals surface area contributed by atoms with Gasteiger partial charge in [0, 0.05) is 18.4 Å². The second-order valence-electron chi connectivity index (χ2n) is 4.13. The van der Waals surface area contributed by atoms with Crippen LogP contribution in [-0.2, 0) is 22.8 Å². The van der Waals surface area contributed by atoms with Crippen LogP contribution in [0.2, 0.25) is 0 Å². The van der Waals surface area contributed by atoms with Gasteiger partial charge in [0.25, 0.3) is 0 Å². The molecule has 0 N–H and O–H groups in total. The molecule has 0 atom stereocenters. The number of carbonyl (C=O) groups is 1. The first kappa shape index (κ1) is 11.3. The summed E-state index contributed by atoms with van der Waals surface area (Å²) in [6, 6.07) is 0. The van der Waals surface area contributed by atoms with E-state index in [1.54, 1.807) is 10.9 Å². The number of Topliss-reactive ketones (excluding diaryl/α,β-unsaturated/α-hetero) is 1. The Morgan fingerprint density at radius 1 is 1.44 bits per heavy atom. The molecule has 0 spiro atoms. The van der Waals surface area contributed by atoms with Gasteiger partial charge in [0.1, 0.15) is 9.84 Å². The van der Waals surface area contributed by atoms with Crippen molar-refractivity contribution in [1.29, 1.82) is 0 Å². The van der Waals surface area contributed by atoms with Crippen LogP contribution < -0.4 is 0 Å². The first-order valence-corrected chi connectivity index (χ1v) is 7.29. The van der Waals surface area contributed by atoms with Gasteiger partial charge in [0.15, 0.2) is 5.78 Å². The smallest absolute Gasteiger partial charge is 0.166 e. The van der Waals surface area contributed by atoms with Crippen LogP contribution >= 0.6 is 0 Å². The van der Waals surface area contributed by atoms with Crippen LogP contribution in [0.4, 0.5) is 0 Å². The minimum atomic E-state index is -2.99. The van der Waals surface area contributed by atoms with E-state index < -0.39 is 9.84 Å². The summed E-state index contributed by atoms with van der Waals surface area (Å²) in [6.45, 7) is 0.335. The van der Waals surface area contributed by atoms with Gasteiger partial charge in [-0.3, -0.25) is 9.48 Å². The van der Waals surface area contributed by atoms with Gasteiger partial charge in [-0.1, -0.05) is 0 Å². The van der Waals surface area contributed by atoms with Crippen molar-refractivity contribution in [3.8, 4) is 0 Å². The molecule has 16 heavy (non-hydrogen) atoms. The fraction of sp³-hybridized carbons (Fsp3) is 0.600. The average molecular weight is 242 g/mol. The van der Waals surface area contributed by atoms with Crippen molar-refractivity contribution in [3.05, 3.63) is 17.5 Å². The Balaban J connectivity index is 2.21. The first-order valence-electron chi connectivity index (χ1n) is 5.23. The highest BCUT2D eigenvalue weighted by atomic mass is 32.2. The number of aryl methyl sites for hydroxylation is 1. The van der Waals surface area contributed by atoms with Crippen molar-refractivity contribution in [2.45, 2.75) is 25.8 Å². The third-order valence-electron chi connectivity index (χ3n) is 2.74. The summed E-state index contributed by atoms with van der Waals surface area (Å²) in [5.74, 6) is 0.182. The van der Waals surface area contributed by atoms with E-state index in [0.29, 0.717) is 18.5 Å². The predicted octanol–water partition coefficient (Wildman–Crippen LogP) is 0.447. The second-order valence-corrected chi connectivity index (χ2v) is 6.39. The summed E-state index contributed by atoms with van der Waals surface area (Å²) in [5.41, 5.74) is 1.56. The third kappa shape index (κ3) is 2.32. The van der Waals surface area contributed by atoms with E-state index >= 15 is 0 Å². The van der Waals surface area contributed by atoms with Crippen LogP contribution in [0.15, 0.2) is 6.20 Å². The van der Waals surface area contributed by atoms with Crippen LogP contribution in [0.3, 0.4) is 0 Å². The molecule has 0 saturated heterocycles. The summed E-state index contributed by atoms with van der Waals surface area (Å²) in [4.78, 5) is 11.5. The van der Waals surface area contributed by atoms with Gasteiger partial charge >= 0.3 is 0 Å². The molecule has 1 aromatic heterocycles. The highest BCUT2D eigenvalue weighted by Gasteiger charge is 2.21. The zero-order chi connectivity index (χ0) is 11.8. The first-order chi connectivity index (χ1) is 7.47. The van der Waals surface area contributed by atoms with E-state index in [0.717, 1.165) is 18.5 Å². The molecule has 0 radical (unpaired) electrons. The molecule has 1 aliphatic rings. The minimum Gasteiger partial charge on any atom is -0.294 e. The van der Waals surface area contributed by atoms with E-state index in [9.17, 15) is 13.2 Å². The van der Waals surface area contributed by atoms with E-state index in [-0.39, 0.29) is 11.5 Å². The van der Waals surface area contributed by atoms with Crippen LogP contribution in [0.1, 0.15) is 28.9 Å². The molecule has 0 bridgehead atoms. The number of nitrogens with zero attached hydrogens (tertiary/aromatic N) is 2. The monoisotopic (exact) mass is 242 g/mol. The van der Waals surface area contributed by atoms with Gasteiger partial charge in [-0.25, -0.2) is 8.42 Å². The molecule has 0 fully saturated rings. The van der Waals surface area contributed by atoms with Gasteiger partial charge in [0.05, 0.1) is 24.1 Å². The largest absolute Gasteiger partial charge is 0.294 e. The van der Waals surface area contributed by atoms with Gasteiger partial charge in [0.2, 0.25) is 0 Å². The van der Waals surface area contributed by atoms with Crippen LogP contribution in [-0.4, -0.2) is 36.0 Å². The van der Waals surface area contributed by atoms with Crippen molar-refractivity contribution in [3.63, 3.8) is 0 Å². The molecule has 1 aromatic rings. The Labute approximate surface area is 94.4 Å². The summed E-state index contributed by atoms with van der Waals surface area (Å²) in [6.07, 6.45) is 4.97. The number of carbonyl (C=O) groups excluding carboxylic acids is 1. The van der Waals surface area contributed by atoms with E-state index in [4.69, 9.17) is 0 Å². The number of aromatic nitrogens is 2. The molecular weight excluding hydrogens is 228 g/mol. The fourth-order valence-electron chi connectivity index (χ4n) is 1.90. The molecular formula is C10H14N2O3S. The van der Waals surface area contributed by atoms with Gasteiger partial charge in [-0.2, -0.15) is 5.10 Å². The molecule has 1 aliphatic carbocycles.